The summed E-state index contributed by atoms with van der Waals surface area (Å²) in [5, 5.41) is 0. The van der Waals surface area contributed by atoms with E-state index in [9.17, 15) is 9.59 Å². The minimum absolute atomic E-state index is 0.177. The van der Waals surface area contributed by atoms with Crippen molar-refractivity contribution >= 4 is 11.8 Å². The van der Waals surface area contributed by atoms with E-state index < -0.39 is 18.0 Å². The van der Waals surface area contributed by atoms with Crippen LogP contribution in [0.3, 0.4) is 0 Å². The number of rotatable bonds is 5. The number of Topliss-reactive ketones (excluding diaryl/α,β-unsaturated/α-hetero) is 1. The molecule has 16 heavy (non-hydrogen) atoms. The van der Waals surface area contributed by atoms with Crippen LogP contribution in [0.5, 0.6) is 0 Å². The first-order chi connectivity index (χ1) is 7.65. The van der Waals surface area contributed by atoms with Crippen LogP contribution in [0.1, 0.15) is 10.4 Å². The van der Waals surface area contributed by atoms with E-state index in [0.29, 0.717) is 5.56 Å². The van der Waals surface area contributed by atoms with Crippen LogP contribution in [-0.2, 0) is 14.3 Å². The molecule has 0 aliphatic rings. The summed E-state index contributed by atoms with van der Waals surface area (Å²) in [6.45, 7) is -0.177. The van der Waals surface area contributed by atoms with Crippen molar-refractivity contribution in [3.63, 3.8) is 0 Å². The molecule has 1 unspecified atom stereocenters. The Labute approximate surface area is 93.1 Å². The molecule has 2 N–H and O–H groups in total. The van der Waals surface area contributed by atoms with Crippen molar-refractivity contribution in [2.24, 2.45) is 5.73 Å². The lowest BCUT2D eigenvalue weighted by atomic mass is 10.2. The minimum Gasteiger partial charge on any atom is -0.436 e. The maximum atomic E-state index is 11.5. The van der Waals surface area contributed by atoms with Gasteiger partial charge in [0.05, 0.1) is 5.56 Å². The molecule has 0 saturated carbocycles. The summed E-state index contributed by atoms with van der Waals surface area (Å²) in [6, 6.07) is 8.32. The van der Waals surface area contributed by atoms with Crippen molar-refractivity contribution in [3.05, 3.63) is 35.9 Å². The van der Waals surface area contributed by atoms with Crippen molar-refractivity contribution < 1.29 is 19.1 Å². The van der Waals surface area contributed by atoms with Crippen LogP contribution in [0, 0.1) is 0 Å². The number of hydrogen-bond acceptors (Lipinski definition) is 5. The fourth-order valence-electron chi connectivity index (χ4n) is 1.05. The van der Waals surface area contributed by atoms with Gasteiger partial charge in [-0.25, -0.2) is 4.79 Å². The fourth-order valence-corrected chi connectivity index (χ4v) is 1.05. The van der Waals surface area contributed by atoms with Gasteiger partial charge in [-0.15, -0.1) is 0 Å². The Kier molecular flexibility index (Phi) is 4.63. The van der Waals surface area contributed by atoms with E-state index in [-0.39, 0.29) is 6.61 Å². The van der Waals surface area contributed by atoms with Gasteiger partial charge in [0.1, 0.15) is 6.61 Å². The molecule has 1 aromatic carbocycles. The van der Waals surface area contributed by atoms with E-state index in [0.717, 1.165) is 0 Å². The van der Waals surface area contributed by atoms with E-state index in [2.05, 4.69) is 4.74 Å². The van der Waals surface area contributed by atoms with Gasteiger partial charge in [0.25, 0.3) is 0 Å². The van der Waals surface area contributed by atoms with Gasteiger partial charge in [0.15, 0.2) is 0 Å². The van der Waals surface area contributed by atoms with Gasteiger partial charge in [-0.3, -0.25) is 10.5 Å². The molecule has 0 spiro atoms. The second-order valence-corrected chi connectivity index (χ2v) is 3.09. The first-order valence-electron chi connectivity index (χ1n) is 4.68. The Morgan fingerprint density at radius 1 is 1.31 bits per heavy atom. The number of carbonyl (C=O) groups excluding carboxylic acids is 2. The van der Waals surface area contributed by atoms with Crippen LogP contribution >= 0.6 is 0 Å². The van der Waals surface area contributed by atoms with Gasteiger partial charge in [-0.05, 0) is 12.1 Å². The number of benzene rings is 1. The van der Waals surface area contributed by atoms with Crippen molar-refractivity contribution in [2.75, 3.05) is 13.7 Å². The zero-order chi connectivity index (χ0) is 12.0. The molecule has 0 fully saturated rings. The van der Waals surface area contributed by atoms with Crippen LogP contribution in [0.4, 0.5) is 0 Å². The summed E-state index contributed by atoms with van der Waals surface area (Å²) in [6.07, 6.45) is -1.28. The number of methoxy groups -OCH3 is 1. The van der Waals surface area contributed by atoms with Crippen LogP contribution in [-0.4, -0.2) is 31.7 Å². The lowest BCUT2D eigenvalue weighted by Gasteiger charge is -2.11. The smallest absolute Gasteiger partial charge is 0.340 e. The molecule has 0 aromatic heterocycles. The quantitative estimate of drug-likeness (QED) is 0.575. The van der Waals surface area contributed by atoms with Gasteiger partial charge < -0.3 is 9.47 Å². The van der Waals surface area contributed by atoms with E-state index in [4.69, 9.17) is 10.5 Å². The van der Waals surface area contributed by atoms with Gasteiger partial charge in [0, 0.05) is 7.11 Å². The van der Waals surface area contributed by atoms with Crippen molar-refractivity contribution in [2.45, 2.75) is 6.23 Å². The van der Waals surface area contributed by atoms with Crippen LogP contribution in [0.25, 0.3) is 0 Å². The van der Waals surface area contributed by atoms with E-state index in [1.165, 1.54) is 7.11 Å². The molecular weight excluding hydrogens is 210 g/mol. The van der Waals surface area contributed by atoms with Crippen molar-refractivity contribution in [3.8, 4) is 0 Å². The van der Waals surface area contributed by atoms with Crippen LogP contribution < -0.4 is 5.73 Å². The Balaban J connectivity index is 2.55. The number of nitrogens with two attached hydrogens (primary N) is 1. The number of ketones is 1. The second kappa shape index (κ2) is 5.99. The standard InChI is InChI=1S/C11H13NO4/c1-15-7-9(13)10(12)16-11(14)8-5-3-2-4-6-8/h2-6,10H,7,12H2,1H3. The maximum Gasteiger partial charge on any atom is 0.340 e. The fraction of sp³-hybridized carbons (Fsp3) is 0.273. The summed E-state index contributed by atoms with van der Waals surface area (Å²) in [7, 11) is 1.36. The second-order valence-electron chi connectivity index (χ2n) is 3.09. The van der Waals surface area contributed by atoms with Crippen LogP contribution in [0.2, 0.25) is 0 Å². The number of hydrogen-bond donors (Lipinski definition) is 1. The summed E-state index contributed by atoms with van der Waals surface area (Å²) in [5.41, 5.74) is 5.72. The third-order valence-electron chi connectivity index (χ3n) is 1.85. The average Bonchev–Trinajstić information content (AvgIpc) is 2.30. The molecule has 0 aliphatic heterocycles. The van der Waals surface area contributed by atoms with Crippen molar-refractivity contribution in [1.82, 2.24) is 0 Å². The molecule has 0 amide bonds. The molecule has 1 aromatic rings. The van der Waals surface area contributed by atoms with Crippen LogP contribution in [0.15, 0.2) is 30.3 Å². The molecular formula is C11H13NO4. The van der Waals surface area contributed by atoms with Gasteiger partial charge in [-0.2, -0.15) is 0 Å². The molecule has 1 atom stereocenters. The van der Waals surface area contributed by atoms with Gasteiger partial charge in [-0.1, -0.05) is 18.2 Å². The molecule has 0 aliphatic carbocycles. The maximum absolute atomic E-state index is 11.5. The largest absolute Gasteiger partial charge is 0.436 e. The summed E-state index contributed by atoms with van der Waals surface area (Å²) in [4.78, 5) is 22.7. The first kappa shape index (κ1) is 12.4. The zero-order valence-electron chi connectivity index (χ0n) is 8.88. The third kappa shape index (κ3) is 3.45. The average molecular weight is 223 g/mol. The Morgan fingerprint density at radius 2 is 1.94 bits per heavy atom. The van der Waals surface area contributed by atoms with Crippen molar-refractivity contribution in [1.29, 1.82) is 0 Å². The molecule has 86 valence electrons. The molecule has 5 nitrogen and oxygen atoms in total. The molecule has 0 saturated heterocycles. The highest BCUT2D eigenvalue weighted by Crippen LogP contribution is 2.02. The van der Waals surface area contributed by atoms with Gasteiger partial charge in [0.2, 0.25) is 12.0 Å². The zero-order valence-corrected chi connectivity index (χ0v) is 8.88. The lowest BCUT2D eigenvalue weighted by molar-refractivity contribution is -0.131. The molecule has 0 radical (unpaired) electrons. The predicted molar refractivity (Wildman–Crippen MR) is 56.7 cm³/mol. The molecule has 1 rings (SSSR count). The third-order valence-corrected chi connectivity index (χ3v) is 1.85. The Morgan fingerprint density at radius 3 is 2.50 bits per heavy atom. The summed E-state index contributed by atoms with van der Waals surface area (Å²) in [5.74, 6) is -1.11. The van der Waals surface area contributed by atoms with E-state index in [1.807, 2.05) is 0 Å². The monoisotopic (exact) mass is 223 g/mol. The highest BCUT2D eigenvalue weighted by molar-refractivity contribution is 5.92. The predicted octanol–water partition coefficient (Wildman–Crippen LogP) is 0.344. The normalized spacial score (nSPS) is 11.9. The minimum atomic E-state index is -1.28. The van der Waals surface area contributed by atoms with E-state index >= 15 is 0 Å². The number of carbonyl (C=O) groups is 2. The molecule has 0 bridgehead atoms. The number of esters is 1. The van der Waals surface area contributed by atoms with E-state index in [1.54, 1.807) is 30.3 Å². The highest BCUT2D eigenvalue weighted by Gasteiger charge is 2.18. The highest BCUT2D eigenvalue weighted by atomic mass is 16.6. The molecule has 0 heterocycles. The first-order valence-corrected chi connectivity index (χ1v) is 4.68. The number of ether oxygens (including phenoxy) is 2. The summed E-state index contributed by atoms with van der Waals surface area (Å²) < 4.78 is 9.35. The SMILES string of the molecule is COCC(=O)C(N)OC(=O)c1ccccc1. The topological polar surface area (TPSA) is 78.6 Å². The summed E-state index contributed by atoms with van der Waals surface area (Å²) >= 11 is 0. The molecule has 5 heteroatoms. The lowest BCUT2D eigenvalue weighted by Crippen LogP contribution is -2.37. The Bertz CT molecular complexity index is 364. The van der Waals surface area contributed by atoms with Gasteiger partial charge >= 0.3 is 5.97 Å². The Hall–Kier alpha value is -1.72.